The van der Waals surface area contributed by atoms with Gasteiger partial charge in [-0.15, -0.1) is 0 Å². The summed E-state index contributed by atoms with van der Waals surface area (Å²) < 4.78 is 0. The standard InChI is InChI=1S/C8H15N/c1-5-6-7-9(4)8(2)3/h5-6H,2,7H2,1,3-4H3/b6-5-. The third kappa shape index (κ3) is 3.83. The van der Waals surface area contributed by atoms with E-state index in [2.05, 4.69) is 17.6 Å². The molecule has 0 radical (unpaired) electrons. The number of hydrogen-bond acceptors (Lipinski definition) is 1. The molecule has 0 amide bonds. The summed E-state index contributed by atoms with van der Waals surface area (Å²) in [7, 11) is 2.03. The number of allylic oxidation sites excluding steroid dienone is 2. The van der Waals surface area contributed by atoms with Gasteiger partial charge in [0.2, 0.25) is 0 Å². The van der Waals surface area contributed by atoms with Crippen LogP contribution in [0.15, 0.2) is 24.4 Å². The molecule has 0 saturated carbocycles. The fraction of sp³-hybridized carbons (Fsp3) is 0.500. The van der Waals surface area contributed by atoms with Gasteiger partial charge in [0.25, 0.3) is 0 Å². The molecule has 0 aromatic heterocycles. The molecule has 9 heavy (non-hydrogen) atoms. The van der Waals surface area contributed by atoms with Crippen molar-refractivity contribution in [3.63, 3.8) is 0 Å². The van der Waals surface area contributed by atoms with Gasteiger partial charge in [0.05, 0.1) is 0 Å². The summed E-state index contributed by atoms with van der Waals surface area (Å²) in [5.74, 6) is 0. The molecule has 0 N–H and O–H groups in total. The monoisotopic (exact) mass is 125 g/mol. The van der Waals surface area contributed by atoms with E-state index in [-0.39, 0.29) is 0 Å². The van der Waals surface area contributed by atoms with Gasteiger partial charge in [-0.05, 0) is 13.8 Å². The first-order valence-electron chi connectivity index (χ1n) is 3.16. The summed E-state index contributed by atoms with van der Waals surface area (Å²) >= 11 is 0. The highest BCUT2D eigenvalue weighted by Crippen LogP contribution is 1.94. The number of hydrogen-bond donors (Lipinski definition) is 0. The molecule has 0 rings (SSSR count). The smallest absolute Gasteiger partial charge is 0.0352 e. The zero-order chi connectivity index (χ0) is 7.28. The number of rotatable bonds is 3. The second kappa shape index (κ2) is 4.19. The lowest BCUT2D eigenvalue weighted by molar-refractivity contribution is 0.468. The van der Waals surface area contributed by atoms with Crippen LogP contribution >= 0.6 is 0 Å². The Morgan fingerprint density at radius 3 is 2.56 bits per heavy atom. The minimum absolute atomic E-state index is 0.964. The van der Waals surface area contributed by atoms with Crippen molar-refractivity contribution in [3.8, 4) is 0 Å². The molecule has 0 aliphatic carbocycles. The number of likely N-dealkylation sites (N-methyl/N-ethyl adjacent to an activating group) is 1. The highest BCUT2D eigenvalue weighted by molar-refractivity contribution is 4.91. The minimum Gasteiger partial charge on any atom is -0.375 e. The predicted octanol–water partition coefficient (Wildman–Crippen LogP) is 2.03. The van der Waals surface area contributed by atoms with Gasteiger partial charge in [-0.2, -0.15) is 0 Å². The number of nitrogens with zero attached hydrogens (tertiary/aromatic N) is 1. The summed E-state index contributed by atoms with van der Waals surface area (Å²) in [5.41, 5.74) is 1.10. The molecule has 0 atom stereocenters. The molecule has 0 saturated heterocycles. The Balaban J connectivity index is 3.50. The average molecular weight is 125 g/mol. The van der Waals surface area contributed by atoms with E-state index in [0.717, 1.165) is 12.2 Å². The highest BCUT2D eigenvalue weighted by Gasteiger charge is 1.89. The molecular formula is C8H15N. The molecule has 0 aromatic rings. The van der Waals surface area contributed by atoms with Crippen molar-refractivity contribution in [2.24, 2.45) is 0 Å². The molecular weight excluding hydrogens is 110 g/mol. The summed E-state index contributed by atoms with van der Waals surface area (Å²) in [5, 5.41) is 0. The van der Waals surface area contributed by atoms with Gasteiger partial charge >= 0.3 is 0 Å². The lowest BCUT2D eigenvalue weighted by Crippen LogP contribution is -2.14. The van der Waals surface area contributed by atoms with Crippen LogP contribution in [-0.4, -0.2) is 18.5 Å². The Hall–Kier alpha value is -0.720. The topological polar surface area (TPSA) is 3.24 Å². The molecule has 52 valence electrons. The van der Waals surface area contributed by atoms with Gasteiger partial charge < -0.3 is 4.90 Å². The Morgan fingerprint density at radius 1 is 1.67 bits per heavy atom. The van der Waals surface area contributed by atoms with Gasteiger partial charge in [0.1, 0.15) is 0 Å². The fourth-order valence-corrected chi connectivity index (χ4v) is 0.419. The molecule has 1 nitrogen and oxygen atoms in total. The van der Waals surface area contributed by atoms with Crippen LogP contribution < -0.4 is 0 Å². The van der Waals surface area contributed by atoms with E-state index in [1.165, 1.54) is 0 Å². The Bertz CT molecular complexity index is 114. The summed E-state index contributed by atoms with van der Waals surface area (Å²) in [6.45, 7) is 8.79. The van der Waals surface area contributed by atoms with E-state index in [1.807, 2.05) is 27.0 Å². The van der Waals surface area contributed by atoms with E-state index in [9.17, 15) is 0 Å². The van der Waals surface area contributed by atoms with Crippen LogP contribution in [0.1, 0.15) is 13.8 Å². The van der Waals surface area contributed by atoms with Crippen LogP contribution in [0.5, 0.6) is 0 Å². The van der Waals surface area contributed by atoms with E-state index in [4.69, 9.17) is 0 Å². The quantitative estimate of drug-likeness (QED) is 0.522. The van der Waals surface area contributed by atoms with Crippen LogP contribution in [0.3, 0.4) is 0 Å². The molecule has 0 heterocycles. The van der Waals surface area contributed by atoms with Crippen molar-refractivity contribution in [1.82, 2.24) is 4.90 Å². The van der Waals surface area contributed by atoms with Gasteiger partial charge in [0.15, 0.2) is 0 Å². The summed E-state index contributed by atoms with van der Waals surface area (Å²) in [6, 6.07) is 0. The first-order valence-corrected chi connectivity index (χ1v) is 3.16. The van der Waals surface area contributed by atoms with E-state index in [1.54, 1.807) is 0 Å². The zero-order valence-electron chi connectivity index (χ0n) is 6.52. The second-order valence-electron chi connectivity index (χ2n) is 2.18. The van der Waals surface area contributed by atoms with E-state index < -0.39 is 0 Å². The van der Waals surface area contributed by atoms with Gasteiger partial charge in [-0.1, -0.05) is 18.7 Å². The van der Waals surface area contributed by atoms with E-state index >= 15 is 0 Å². The first kappa shape index (κ1) is 8.28. The van der Waals surface area contributed by atoms with Crippen LogP contribution in [0.4, 0.5) is 0 Å². The maximum absolute atomic E-state index is 3.80. The van der Waals surface area contributed by atoms with Crippen molar-refractivity contribution in [1.29, 1.82) is 0 Å². The molecule has 0 spiro atoms. The Labute approximate surface area is 57.7 Å². The fourth-order valence-electron chi connectivity index (χ4n) is 0.419. The van der Waals surface area contributed by atoms with Crippen molar-refractivity contribution >= 4 is 0 Å². The third-order valence-corrected chi connectivity index (χ3v) is 1.27. The normalized spacial score (nSPS) is 10.1. The minimum atomic E-state index is 0.964. The lowest BCUT2D eigenvalue weighted by atomic mass is 10.4. The van der Waals surface area contributed by atoms with E-state index in [0.29, 0.717) is 0 Å². The van der Waals surface area contributed by atoms with Crippen molar-refractivity contribution in [2.45, 2.75) is 13.8 Å². The molecule has 0 fully saturated rings. The maximum atomic E-state index is 3.80. The third-order valence-electron chi connectivity index (χ3n) is 1.27. The largest absolute Gasteiger partial charge is 0.375 e. The zero-order valence-corrected chi connectivity index (χ0v) is 6.52. The molecule has 0 unspecified atom stereocenters. The highest BCUT2D eigenvalue weighted by atomic mass is 15.1. The average Bonchev–Trinajstić information content (AvgIpc) is 1.82. The molecule has 0 bridgehead atoms. The van der Waals surface area contributed by atoms with Crippen molar-refractivity contribution in [3.05, 3.63) is 24.4 Å². The van der Waals surface area contributed by atoms with Gasteiger partial charge in [0, 0.05) is 19.3 Å². The first-order chi connectivity index (χ1) is 4.18. The molecule has 0 aromatic carbocycles. The Kier molecular flexibility index (Phi) is 3.85. The van der Waals surface area contributed by atoms with Crippen molar-refractivity contribution < 1.29 is 0 Å². The second-order valence-corrected chi connectivity index (χ2v) is 2.18. The van der Waals surface area contributed by atoms with Crippen LogP contribution in [0, 0.1) is 0 Å². The van der Waals surface area contributed by atoms with Crippen LogP contribution in [0.25, 0.3) is 0 Å². The maximum Gasteiger partial charge on any atom is 0.0352 e. The lowest BCUT2D eigenvalue weighted by Gasteiger charge is -2.15. The Morgan fingerprint density at radius 2 is 2.22 bits per heavy atom. The molecule has 1 heteroatoms. The van der Waals surface area contributed by atoms with Crippen molar-refractivity contribution in [2.75, 3.05) is 13.6 Å². The predicted molar refractivity (Wildman–Crippen MR) is 42.3 cm³/mol. The van der Waals surface area contributed by atoms with Gasteiger partial charge in [-0.3, -0.25) is 0 Å². The molecule has 0 aliphatic rings. The van der Waals surface area contributed by atoms with Gasteiger partial charge in [-0.25, -0.2) is 0 Å². The SMILES string of the molecule is C=C(C)N(C)C/C=C\C. The summed E-state index contributed by atoms with van der Waals surface area (Å²) in [6.07, 6.45) is 4.15. The summed E-state index contributed by atoms with van der Waals surface area (Å²) in [4.78, 5) is 2.10. The molecule has 0 aliphatic heterocycles. The van der Waals surface area contributed by atoms with Crippen LogP contribution in [-0.2, 0) is 0 Å². The van der Waals surface area contributed by atoms with Crippen LogP contribution in [0.2, 0.25) is 0 Å².